The summed E-state index contributed by atoms with van der Waals surface area (Å²) in [5, 5.41) is 0.0706. The summed E-state index contributed by atoms with van der Waals surface area (Å²) in [5.41, 5.74) is 2.06. The zero-order chi connectivity index (χ0) is 18.6. The van der Waals surface area contributed by atoms with Gasteiger partial charge < -0.3 is 4.74 Å². The number of unbranched alkanes of at least 4 members (excludes halogenated alkanes) is 4. The Bertz CT molecular complexity index is 647. The van der Waals surface area contributed by atoms with E-state index in [0.717, 1.165) is 30.1 Å². The second-order valence-corrected chi connectivity index (χ2v) is 7.62. The number of aryl methyl sites for hydroxylation is 1. The first kappa shape index (κ1) is 20.6. The van der Waals surface area contributed by atoms with Crippen molar-refractivity contribution in [2.75, 3.05) is 6.61 Å². The normalized spacial score (nSPS) is 10.7. The molecule has 26 heavy (non-hydrogen) atoms. The maximum Gasteiger partial charge on any atom is 0.224 e. The van der Waals surface area contributed by atoms with Crippen molar-refractivity contribution in [3.05, 3.63) is 59.7 Å². The number of rotatable bonds is 11. The summed E-state index contributed by atoms with van der Waals surface area (Å²) >= 11 is 1.28. The van der Waals surface area contributed by atoms with E-state index in [2.05, 4.69) is 38.1 Å². The first-order valence-corrected chi connectivity index (χ1v) is 10.6. The summed E-state index contributed by atoms with van der Waals surface area (Å²) < 4.78 is 5.70. The molecule has 0 aromatic heterocycles. The number of benzene rings is 2. The van der Waals surface area contributed by atoms with Gasteiger partial charge in [0.05, 0.1) is 6.61 Å². The Morgan fingerprint density at radius 2 is 1.50 bits per heavy atom. The molecule has 0 amide bonds. The minimum absolute atomic E-state index is 0.0706. The highest BCUT2D eigenvalue weighted by molar-refractivity contribution is 8.14. The van der Waals surface area contributed by atoms with Crippen LogP contribution >= 0.6 is 11.8 Å². The van der Waals surface area contributed by atoms with E-state index in [0.29, 0.717) is 5.56 Å². The predicted octanol–water partition coefficient (Wildman–Crippen LogP) is 6.92. The predicted molar refractivity (Wildman–Crippen MR) is 111 cm³/mol. The van der Waals surface area contributed by atoms with Crippen molar-refractivity contribution in [3.63, 3.8) is 0 Å². The van der Waals surface area contributed by atoms with Crippen LogP contribution in [0, 0.1) is 0 Å². The molecule has 0 saturated heterocycles. The number of thioether (sulfide) groups is 1. The van der Waals surface area contributed by atoms with E-state index in [4.69, 9.17) is 4.74 Å². The number of carbonyl (C=O) groups is 1. The summed E-state index contributed by atoms with van der Waals surface area (Å²) in [6, 6.07) is 15.8. The summed E-state index contributed by atoms with van der Waals surface area (Å²) in [6.45, 7) is 5.13. The van der Waals surface area contributed by atoms with Crippen LogP contribution in [0.15, 0.2) is 53.4 Å². The monoisotopic (exact) mass is 370 g/mol. The molecule has 140 valence electrons. The highest BCUT2D eigenvalue weighted by Gasteiger charge is 2.08. The summed E-state index contributed by atoms with van der Waals surface area (Å²) in [4.78, 5) is 13.4. The molecule has 3 heteroatoms. The molecule has 0 spiro atoms. The van der Waals surface area contributed by atoms with Crippen LogP contribution in [0.3, 0.4) is 0 Å². The van der Waals surface area contributed by atoms with Crippen LogP contribution in [0.2, 0.25) is 0 Å². The lowest BCUT2D eigenvalue weighted by atomic mass is 10.1. The van der Waals surface area contributed by atoms with Crippen molar-refractivity contribution in [2.45, 2.75) is 63.7 Å². The van der Waals surface area contributed by atoms with Crippen molar-refractivity contribution in [2.24, 2.45) is 0 Å². The molecule has 0 atom stereocenters. The maximum atomic E-state index is 12.4. The van der Waals surface area contributed by atoms with E-state index in [9.17, 15) is 4.79 Å². The number of hydrogen-bond acceptors (Lipinski definition) is 3. The Kier molecular flexibility index (Phi) is 9.33. The minimum atomic E-state index is 0.0706. The Hall–Kier alpha value is -1.74. The van der Waals surface area contributed by atoms with Gasteiger partial charge in [0, 0.05) is 10.5 Å². The van der Waals surface area contributed by atoms with E-state index in [1.54, 1.807) is 0 Å². The largest absolute Gasteiger partial charge is 0.494 e. The lowest BCUT2D eigenvalue weighted by molar-refractivity contribution is 0.108. The van der Waals surface area contributed by atoms with Crippen LogP contribution in [0.4, 0.5) is 0 Å². The van der Waals surface area contributed by atoms with E-state index in [1.807, 2.05) is 24.3 Å². The number of ether oxygens (including phenoxy) is 1. The van der Waals surface area contributed by atoms with Gasteiger partial charge in [-0.3, -0.25) is 4.79 Å². The van der Waals surface area contributed by atoms with Crippen LogP contribution in [-0.2, 0) is 6.42 Å². The number of hydrogen-bond donors (Lipinski definition) is 0. The first-order chi connectivity index (χ1) is 12.7. The fourth-order valence-electron chi connectivity index (χ4n) is 2.70. The molecule has 0 aliphatic heterocycles. The molecule has 2 aromatic rings. The van der Waals surface area contributed by atoms with Gasteiger partial charge in [0.15, 0.2) is 0 Å². The molecule has 0 aliphatic rings. The Labute approximate surface area is 162 Å². The smallest absolute Gasteiger partial charge is 0.224 e. The quantitative estimate of drug-likeness (QED) is 0.317. The Morgan fingerprint density at radius 1 is 0.846 bits per heavy atom. The van der Waals surface area contributed by atoms with E-state index < -0.39 is 0 Å². The third kappa shape index (κ3) is 7.25. The second-order valence-electron chi connectivity index (χ2n) is 6.57. The fraction of sp³-hybridized carbons (Fsp3) is 0.435. The summed E-state index contributed by atoms with van der Waals surface area (Å²) in [6.07, 6.45) is 8.30. The van der Waals surface area contributed by atoms with Gasteiger partial charge in [-0.2, -0.15) is 0 Å². The SMILES string of the molecule is CCCCCOc1ccc(C(=O)Sc2ccc(CCCCC)cc2)cc1. The molecule has 0 radical (unpaired) electrons. The van der Waals surface area contributed by atoms with E-state index >= 15 is 0 Å². The molecule has 0 bridgehead atoms. The van der Waals surface area contributed by atoms with Crippen molar-refractivity contribution in [1.29, 1.82) is 0 Å². The molecule has 2 aromatic carbocycles. The summed E-state index contributed by atoms with van der Waals surface area (Å²) in [5.74, 6) is 0.832. The zero-order valence-electron chi connectivity index (χ0n) is 16.0. The average Bonchev–Trinajstić information content (AvgIpc) is 2.67. The van der Waals surface area contributed by atoms with E-state index in [1.165, 1.54) is 49.4 Å². The zero-order valence-corrected chi connectivity index (χ0v) is 16.8. The Balaban J connectivity index is 1.83. The molecular weight excluding hydrogens is 340 g/mol. The number of carbonyl (C=O) groups excluding carboxylic acids is 1. The van der Waals surface area contributed by atoms with E-state index in [-0.39, 0.29) is 5.12 Å². The van der Waals surface area contributed by atoms with Gasteiger partial charge in [0.2, 0.25) is 5.12 Å². The molecule has 0 aliphatic carbocycles. The van der Waals surface area contributed by atoms with Crippen molar-refractivity contribution < 1.29 is 9.53 Å². The van der Waals surface area contributed by atoms with Crippen LogP contribution in [-0.4, -0.2) is 11.7 Å². The van der Waals surface area contributed by atoms with Gasteiger partial charge >= 0.3 is 0 Å². The molecule has 0 heterocycles. The van der Waals surface area contributed by atoms with Crippen molar-refractivity contribution in [3.8, 4) is 5.75 Å². The van der Waals surface area contributed by atoms with Crippen LogP contribution < -0.4 is 4.74 Å². The summed E-state index contributed by atoms with van der Waals surface area (Å²) in [7, 11) is 0. The van der Waals surface area contributed by atoms with Crippen molar-refractivity contribution in [1.82, 2.24) is 0 Å². The maximum absolute atomic E-state index is 12.4. The lowest BCUT2D eigenvalue weighted by Gasteiger charge is -2.07. The molecular formula is C23H30O2S. The third-order valence-electron chi connectivity index (χ3n) is 4.31. The highest BCUT2D eigenvalue weighted by Crippen LogP contribution is 2.25. The lowest BCUT2D eigenvalue weighted by Crippen LogP contribution is -1.98. The average molecular weight is 371 g/mol. The third-order valence-corrected chi connectivity index (χ3v) is 5.24. The van der Waals surface area contributed by atoms with Crippen LogP contribution in [0.5, 0.6) is 5.75 Å². The van der Waals surface area contributed by atoms with Crippen LogP contribution in [0.1, 0.15) is 68.3 Å². The minimum Gasteiger partial charge on any atom is -0.494 e. The van der Waals surface area contributed by atoms with Gasteiger partial charge in [0.25, 0.3) is 0 Å². The standard InChI is InChI=1S/C23H30O2S/c1-3-5-7-9-19-10-16-22(17-11-19)26-23(24)20-12-14-21(15-13-20)25-18-8-6-4-2/h10-17H,3-9,18H2,1-2H3. The highest BCUT2D eigenvalue weighted by atomic mass is 32.2. The van der Waals surface area contributed by atoms with Gasteiger partial charge in [-0.05, 0) is 73.0 Å². The molecule has 0 fully saturated rings. The fourth-order valence-corrected chi connectivity index (χ4v) is 3.44. The molecule has 0 unspecified atom stereocenters. The molecule has 2 rings (SSSR count). The van der Waals surface area contributed by atoms with Gasteiger partial charge in [0.1, 0.15) is 5.75 Å². The topological polar surface area (TPSA) is 26.3 Å². The second kappa shape index (κ2) is 11.8. The van der Waals surface area contributed by atoms with Gasteiger partial charge in [-0.15, -0.1) is 0 Å². The molecule has 0 saturated carbocycles. The van der Waals surface area contributed by atoms with Gasteiger partial charge in [-0.25, -0.2) is 0 Å². The van der Waals surface area contributed by atoms with Crippen molar-refractivity contribution >= 4 is 16.9 Å². The van der Waals surface area contributed by atoms with Gasteiger partial charge in [-0.1, -0.05) is 51.7 Å². The first-order valence-electron chi connectivity index (χ1n) is 9.77. The molecule has 0 N–H and O–H groups in total. The Morgan fingerprint density at radius 3 is 2.15 bits per heavy atom. The van der Waals surface area contributed by atoms with Crippen LogP contribution in [0.25, 0.3) is 0 Å². The molecule has 2 nitrogen and oxygen atoms in total.